The molecule has 2 amide bonds. The summed E-state index contributed by atoms with van der Waals surface area (Å²) in [5, 5.41) is 0.417. The number of hydrogen-bond donors (Lipinski definition) is 2. The van der Waals surface area contributed by atoms with Crippen LogP contribution < -0.4 is 25.1 Å². The Hall–Kier alpha value is -2.93. The minimum Gasteiger partial charge on any atom is -0.493 e. The lowest BCUT2D eigenvalue weighted by Crippen LogP contribution is -2.41. The van der Waals surface area contributed by atoms with Crippen molar-refractivity contribution >= 4 is 23.4 Å². The zero-order valence-corrected chi connectivity index (χ0v) is 14.6. The quantitative estimate of drug-likeness (QED) is 0.796. The number of carbonyl (C=O) groups excluding carboxylic acids is 2. The van der Waals surface area contributed by atoms with Crippen LogP contribution in [0.2, 0.25) is 5.02 Å². The molecule has 0 spiro atoms. The van der Waals surface area contributed by atoms with Gasteiger partial charge in [-0.15, -0.1) is 0 Å². The minimum atomic E-state index is -0.576. The second-order valence-corrected chi connectivity index (χ2v) is 5.24. The van der Waals surface area contributed by atoms with E-state index < -0.39 is 11.8 Å². The van der Waals surface area contributed by atoms with Crippen LogP contribution in [0.5, 0.6) is 17.2 Å². The van der Waals surface area contributed by atoms with Crippen LogP contribution in [0.25, 0.3) is 0 Å². The molecule has 2 rings (SSSR count). The lowest BCUT2D eigenvalue weighted by atomic mass is 10.1. The van der Waals surface area contributed by atoms with Crippen LogP contribution in [0.1, 0.15) is 20.7 Å². The van der Waals surface area contributed by atoms with E-state index in [-0.39, 0.29) is 17.1 Å². The fraction of sp³-hybridized carbons (Fsp3) is 0.176. The summed E-state index contributed by atoms with van der Waals surface area (Å²) in [6.07, 6.45) is 0. The van der Waals surface area contributed by atoms with E-state index in [2.05, 4.69) is 10.9 Å². The number of carbonyl (C=O) groups is 2. The summed E-state index contributed by atoms with van der Waals surface area (Å²) < 4.78 is 15.6. The monoisotopic (exact) mass is 364 g/mol. The van der Waals surface area contributed by atoms with Gasteiger partial charge in [0.25, 0.3) is 11.8 Å². The highest BCUT2D eigenvalue weighted by atomic mass is 35.5. The summed E-state index contributed by atoms with van der Waals surface area (Å²) in [5.41, 5.74) is 5.12. The molecule has 0 saturated carbocycles. The van der Waals surface area contributed by atoms with Gasteiger partial charge in [-0.2, -0.15) is 0 Å². The molecule has 0 fully saturated rings. The molecule has 0 saturated heterocycles. The first-order chi connectivity index (χ1) is 12.0. The van der Waals surface area contributed by atoms with E-state index in [9.17, 15) is 9.59 Å². The number of hydrazine groups is 1. The molecule has 0 unspecified atom stereocenters. The topological polar surface area (TPSA) is 85.9 Å². The predicted molar refractivity (Wildman–Crippen MR) is 92.5 cm³/mol. The first-order valence-corrected chi connectivity index (χ1v) is 7.54. The Kier molecular flexibility index (Phi) is 6.08. The highest BCUT2D eigenvalue weighted by molar-refractivity contribution is 6.31. The van der Waals surface area contributed by atoms with Gasteiger partial charge in [-0.1, -0.05) is 17.7 Å². The van der Waals surface area contributed by atoms with Crippen LogP contribution in [-0.4, -0.2) is 33.1 Å². The summed E-state index contributed by atoms with van der Waals surface area (Å²) >= 11 is 5.84. The molecule has 0 bridgehead atoms. The molecule has 2 N–H and O–H groups in total. The van der Waals surface area contributed by atoms with E-state index in [4.69, 9.17) is 25.8 Å². The molecule has 7 nitrogen and oxygen atoms in total. The van der Waals surface area contributed by atoms with E-state index >= 15 is 0 Å². The first-order valence-electron chi connectivity index (χ1n) is 7.17. The average molecular weight is 365 g/mol. The van der Waals surface area contributed by atoms with Gasteiger partial charge in [0, 0.05) is 10.6 Å². The van der Waals surface area contributed by atoms with Crippen molar-refractivity contribution in [3.05, 3.63) is 52.5 Å². The molecule has 0 atom stereocenters. The van der Waals surface area contributed by atoms with Crippen molar-refractivity contribution < 1.29 is 23.8 Å². The molecule has 0 heterocycles. The zero-order valence-electron chi connectivity index (χ0n) is 13.9. The number of nitrogens with one attached hydrogen (secondary N) is 2. The van der Waals surface area contributed by atoms with Crippen molar-refractivity contribution in [2.75, 3.05) is 21.3 Å². The number of rotatable bonds is 5. The Labute approximate surface area is 149 Å². The van der Waals surface area contributed by atoms with Gasteiger partial charge in [0.1, 0.15) is 0 Å². The molecular formula is C17H17ClN2O5. The summed E-state index contributed by atoms with van der Waals surface area (Å²) in [4.78, 5) is 24.4. The Bertz CT molecular complexity index is 795. The molecule has 0 aromatic heterocycles. The molecule has 25 heavy (non-hydrogen) atoms. The summed E-state index contributed by atoms with van der Waals surface area (Å²) in [7, 11) is 4.31. The van der Waals surface area contributed by atoms with Crippen LogP contribution in [0.3, 0.4) is 0 Å². The SMILES string of the molecule is COc1ccc(C(=O)NNC(=O)c2cccc(Cl)c2)c(OC)c1OC. The van der Waals surface area contributed by atoms with E-state index in [0.717, 1.165) is 0 Å². The number of benzene rings is 2. The second kappa shape index (κ2) is 8.25. The minimum absolute atomic E-state index is 0.173. The van der Waals surface area contributed by atoms with Crippen LogP contribution in [-0.2, 0) is 0 Å². The Balaban J connectivity index is 2.17. The largest absolute Gasteiger partial charge is 0.493 e. The molecule has 132 valence electrons. The predicted octanol–water partition coefficient (Wildman–Crippen LogP) is 2.44. The van der Waals surface area contributed by atoms with E-state index in [1.807, 2.05) is 0 Å². The van der Waals surface area contributed by atoms with Crippen molar-refractivity contribution in [3.8, 4) is 17.2 Å². The fourth-order valence-corrected chi connectivity index (χ4v) is 2.35. The number of ether oxygens (including phenoxy) is 3. The van der Waals surface area contributed by atoms with Gasteiger partial charge in [-0.05, 0) is 30.3 Å². The lowest BCUT2D eigenvalue weighted by Gasteiger charge is -2.15. The van der Waals surface area contributed by atoms with E-state index in [1.54, 1.807) is 24.3 Å². The van der Waals surface area contributed by atoms with Gasteiger partial charge in [-0.3, -0.25) is 20.4 Å². The number of amides is 2. The molecular weight excluding hydrogens is 348 g/mol. The highest BCUT2D eigenvalue weighted by Gasteiger charge is 2.21. The van der Waals surface area contributed by atoms with Crippen LogP contribution in [0.4, 0.5) is 0 Å². The molecule has 8 heteroatoms. The molecule has 0 aliphatic rings. The number of halogens is 1. The fourth-order valence-electron chi connectivity index (χ4n) is 2.16. The highest BCUT2D eigenvalue weighted by Crippen LogP contribution is 2.39. The standard InChI is InChI=1S/C17H17ClN2O5/c1-23-13-8-7-12(14(24-2)15(13)25-3)17(22)20-19-16(21)10-5-4-6-11(18)9-10/h4-9H,1-3H3,(H,19,21)(H,20,22). The van der Waals surface area contributed by atoms with Crippen molar-refractivity contribution in [1.29, 1.82) is 0 Å². The van der Waals surface area contributed by atoms with Crippen molar-refractivity contribution in [3.63, 3.8) is 0 Å². The molecule has 0 aliphatic carbocycles. The number of methoxy groups -OCH3 is 3. The van der Waals surface area contributed by atoms with Crippen molar-refractivity contribution in [2.24, 2.45) is 0 Å². The van der Waals surface area contributed by atoms with Gasteiger partial charge < -0.3 is 14.2 Å². The average Bonchev–Trinajstić information content (AvgIpc) is 2.64. The molecule has 0 radical (unpaired) electrons. The van der Waals surface area contributed by atoms with Gasteiger partial charge in [0.15, 0.2) is 11.5 Å². The van der Waals surface area contributed by atoms with Crippen molar-refractivity contribution in [2.45, 2.75) is 0 Å². The summed E-state index contributed by atoms with van der Waals surface area (Å²) in [5.74, 6) is -0.197. The Morgan fingerprint density at radius 3 is 2.16 bits per heavy atom. The maximum atomic E-state index is 12.4. The normalized spacial score (nSPS) is 9.92. The second-order valence-electron chi connectivity index (χ2n) is 4.80. The third-order valence-corrected chi connectivity index (χ3v) is 3.56. The van der Waals surface area contributed by atoms with Crippen molar-refractivity contribution in [1.82, 2.24) is 10.9 Å². The third kappa shape index (κ3) is 4.13. The Morgan fingerprint density at radius 2 is 1.56 bits per heavy atom. The van der Waals surface area contributed by atoms with Gasteiger partial charge in [0.2, 0.25) is 5.75 Å². The maximum Gasteiger partial charge on any atom is 0.273 e. The summed E-state index contributed by atoms with van der Waals surface area (Å²) in [6.45, 7) is 0. The molecule has 2 aromatic rings. The maximum absolute atomic E-state index is 12.4. The third-order valence-electron chi connectivity index (χ3n) is 3.33. The first kappa shape index (κ1) is 18.4. The van der Waals surface area contributed by atoms with Crippen LogP contribution in [0.15, 0.2) is 36.4 Å². The smallest absolute Gasteiger partial charge is 0.273 e. The van der Waals surface area contributed by atoms with Gasteiger partial charge in [-0.25, -0.2) is 0 Å². The molecule has 0 aliphatic heterocycles. The number of hydrogen-bond acceptors (Lipinski definition) is 5. The van der Waals surface area contributed by atoms with Crippen LogP contribution in [0, 0.1) is 0 Å². The molecule has 2 aromatic carbocycles. The summed E-state index contributed by atoms with van der Waals surface area (Å²) in [6, 6.07) is 9.41. The van der Waals surface area contributed by atoms with Gasteiger partial charge >= 0.3 is 0 Å². The zero-order chi connectivity index (χ0) is 18.4. The Morgan fingerprint density at radius 1 is 0.880 bits per heavy atom. The van der Waals surface area contributed by atoms with Gasteiger partial charge in [0.05, 0.1) is 26.9 Å². The van der Waals surface area contributed by atoms with E-state index in [0.29, 0.717) is 16.3 Å². The lowest BCUT2D eigenvalue weighted by molar-refractivity contribution is 0.0844. The van der Waals surface area contributed by atoms with Crippen LogP contribution >= 0.6 is 11.6 Å². The van der Waals surface area contributed by atoms with E-state index in [1.165, 1.54) is 33.5 Å².